The Morgan fingerprint density at radius 1 is 1.29 bits per heavy atom. The summed E-state index contributed by atoms with van der Waals surface area (Å²) in [6.07, 6.45) is 1.85. The predicted molar refractivity (Wildman–Crippen MR) is 61.4 cm³/mol. The molecule has 2 N–H and O–H groups in total. The van der Waals surface area contributed by atoms with E-state index < -0.39 is 0 Å². The molecule has 2 aromatic heterocycles. The number of rotatable bonds is 1. The van der Waals surface area contributed by atoms with E-state index in [4.69, 9.17) is 5.73 Å². The molecule has 0 radical (unpaired) electrons. The zero-order valence-electron chi connectivity index (χ0n) is 8.24. The van der Waals surface area contributed by atoms with Crippen LogP contribution in [0, 0.1) is 13.8 Å². The van der Waals surface area contributed by atoms with E-state index in [9.17, 15) is 0 Å². The van der Waals surface area contributed by atoms with Gasteiger partial charge < -0.3 is 5.73 Å². The van der Waals surface area contributed by atoms with Crippen LogP contribution < -0.4 is 5.73 Å². The van der Waals surface area contributed by atoms with Gasteiger partial charge in [-0.05, 0) is 31.5 Å². The fourth-order valence-corrected chi connectivity index (χ4v) is 2.09. The maximum absolute atomic E-state index is 5.90. The molecule has 0 unspecified atom stereocenters. The van der Waals surface area contributed by atoms with E-state index in [0.29, 0.717) is 0 Å². The SMILES string of the molecule is Cc1cnc(-c2csc(C)c2)c(N)c1. The molecule has 0 amide bonds. The van der Waals surface area contributed by atoms with Gasteiger partial charge in [0.1, 0.15) is 0 Å². The van der Waals surface area contributed by atoms with Crippen LogP contribution in [-0.2, 0) is 0 Å². The van der Waals surface area contributed by atoms with E-state index in [1.54, 1.807) is 11.3 Å². The Hall–Kier alpha value is -1.35. The highest BCUT2D eigenvalue weighted by Gasteiger charge is 2.05. The monoisotopic (exact) mass is 204 g/mol. The summed E-state index contributed by atoms with van der Waals surface area (Å²) in [5, 5.41) is 2.09. The first-order valence-electron chi connectivity index (χ1n) is 4.44. The first-order chi connectivity index (χ1) is 6.66. The van der Waals surface area contributed by atoms with E-state index in [1.165, 1.54) is 4.88 Å². The molecule has 14 heavy (non-hydrogen) atoms. The number of nitrogens with zero attached hydrogens (tertiary/aromatic N) is 1. The summed E-state index contributed by atoms with van der Waals surface area (Å²) in [4.78, 5) is 5.62. The van der Waals surface area contributed by atoms with Crippen molar-refractivity contribution in [2.75, 3.05) is 5.73 Å². The van der Waals surface area contributed by atoms with E-state index in [0.717, 1.165) is 22.5 Å². The molecule has 0 atom stereocenters. The second-order valence-corrected chi connectivity index (χ2v) is 4.51. The number of aromatic nitrogens is 1. The second-order valence-electron chi connectivity index (χ2n) is 3.40. The number of nitrogens with two attached hydrogens (primary N) is 1. The minimum absolute atomic E-state index is 0.753. The maximum Gasteiger partial charge on any atom is 0.0939 e. The molecule has 2 aromatic rings. The Morgan fingerprint density at radius 2 is 2.07 bits per heavy atom. The number of aryl methyl sites for hydroxylation is 2. The Morgan fingerprint density at radius 3 is 2.64 bits per heavy atom. The predicted octanol–water partition coefficient (Wildman–Crippen LogP) is 3.01. The summed E-state index contributed by atoms with van der Waals surface area (Å²) in [6.45, 7) is 4.07. The van der Waals surface area contributed by atoms with Gasteiger partial charge in [-0.15, -0.1) is 11.3 Å². The molecule has 2 heterocycles. The van der Waals surface area contributed by atoms with Crippen LogP contribution in [0.4, 0.5) is 5.69 Å². The number of hydrogen-bond donors (Lipinski definition) is 1. The molecule has 0 saturated carbocycles. The van der Waals surface area contributed by atoms with E-state index in [1.807, 2.05) is 19.2 Å². The van der Waals surface area contributed by atoms with Crippen LogP contribution in [0.2, 0.25) is 0 Å². The zero-order chi connectivity index (χ0) is 10.1. The fraction of sp³-hybridized carbons (Fsp3) is 0.182. The highest BCUT2D eigenvalue weighted by molar-refractivity contribution is 7.10. The lowest BCUT2D eigenvalue weighted by atomic mass is 10.1. The van der Waals surface area contributed by atoms with Crippen molar-refractivity contribution in [3.8, 4) is 11.3 Å². The molecule has 0 aliphatic heterocycles. The fourth-order valence-electron chi connectivity index (χ4n) is 1.40. The van der Waals surface area contributed by atoms with Gasteiger partial charge in [-0.1, -0.05) is 0 Å². The quantitative estimate of drug-likeness (QED) is 0.775. The van der Waals surface area contributed by atoms with Crippen LogP contribution >= 0.6 is 11.3 Å². The van der Waals surface area contributed by atoms with E-state index >= 15 is 0 Å². The third-order valence-corrected chi connectivity index (χ3v) is 2.92. The van der Waals surface area contributed by atoms with Gasteiger partial charge >= 0.3 is 0 Å². The average Bonchev–Trinajstić information content (AvgIpc) is 2.51. The molecule has 0 aliphatic carbocycles. The minimum Gasteiger partial charge on any atom is -0.397 e. The first kappa shape index (κ1) is 9.21. The summed E-state index contributed by atoms with van der Waals surface area (Å²) < 4.78 is 0. The molecule has 0 saturated heterocycles. The summed E-state index contributed by atoms with van der Waals surface area (Å²) in [7, 11) is 0. The van der Waals surface area contributed by atoms with Crippen molar-refractivity contribution in [3.05, 3.63) is 34.2 Å². The van der Waals surface area contributed by atoms with Crippen LogP contribution in [0.5, 0.6) is 0 Å². The topological polar surface area (TPSA) is 38.9 Å². The van der Waals surface area contributed by atoms with Gasteiger partial charge in [0.25, 0.3) is 0 Å². The van der Waals surface area contributed by atoms with Crippen LogP contribution in [0.15, 0.2) is 23.7 Å². The van der Waals surface area contributed by atoms with Gasteiger partial charge in [0.2, 0.25) is 0 Å². The Bertz CT molecular complexity index is 460. The average molecular weight is 204 g/mol. The number of anilines is 1. The Balaban J connectivity index is 2.52. The molecule has 72 valence electrons. The molecular weight excluding hydrogens is 192 g/mol. The third-order valence-electron chi connectivity index (χ3n) is 2.06. The van der Waals surface area contributed by atoms with E-state index in [2.05, 4.69) is 23.4 Å². The van der Waals surface area contributed by atoms with E-state index in [-0.39, 0.29) is 0 Å². The molecule has 2 nitrogen and oxygen atoms in total. The number of hydrogen-bond acceptors (Lipinski definition) is 3. The molecule has 2 rings (SSSR count). The Labute approximate surface area is 87.4 Å². The lowest BCUT2D eigenvalue weighted by Gasteiger charge is -2.02. The van der Waals surface area contributed by atoms with Crippen LogP contribution in [0.3, 0.4) is 0 Å². The maximum atomic E-state index is 5.90. The molecule has 0 bridgehead atoms. The second kappa shape index (κ2) is 3.42. The molecule has 0 fully saturated rings. The first-order valence-corrected chi connectivity index (χ1v) is 5.32. The van der Waals surface area contributed by atoms with Gasteiger partial charge in [0.05, 0.1) is 11.4 Å². The third kappa shape index (κ3) is 1.63. The van der Waals surface area contributed by atoms with Crippen molar-refractivity contribution in [2.24, 2.45) is 0 Å². The Kier molecular flexibility index (Phi) is 2.25. The van der Waals surface area contributed by atoms with Gasteiger partial charge in [-0.2, -0.15) is 0 Å². The highest BCUT2D eigenvalue weighted by Crippen LogP contribution is 2.27. The summed E-state index contributed by atoms with van der Waals surface area (Å²) in [6, 6.07) is 4.06. The lowest BCUT2D eigenvalue weighted by Crippen LogP contribution is -1.93. The lowest BCUT2D eigenvalue weighted by molar-refractivity contribution is 1.28. The molecule has 0 aromatic carbocycles. The van der Waals surface area contributed by atoms with Gasteiger partial charge in [-0.3, -0.25) is 4.98 Å². The van der Waals surface area contributed by atoms with Crippen molar-refractivity contribution < 1.29 is 0 Å². The number of nitrogen functional groups attached to an aromatic ring is 1. The summed E-state index contributed by atoms with van der Waals surface area (Å²) >= 11 is 1.72. The van der Waals surface area contributed by atoms with Gasteiger partial charge in [-0.25, -0.2) is 0 Å². The van der Waals surface area contributed by atoms with Crippen molar-refractivity contribution in [1.29, 1.82) is 0 Å². The highest BCUT2D eigenvalue weighted by atomic mass is 32.1. The van der Waals surface area contributed by atoms with Crippen molar-refractivity contribution >= 4 is 17.0 Å². The molecule has 0 spiro atoms. The molecular formula is C11H12N2S. The molecule has 3 heteroatoms. The van der Waals surface area contributed by atoms with Crippen LogP contribution in [0.25, 0.3) is 11.3 Å². The molecule has 0 aliphatic rings. The van der Waals surface area contributed by atoms with Crippen LogP contribution in [0.1, 0.15) is 10.4 Å². The summed E-state index contributed by atoms with van der Waals surface area (Å²) in [5.41, 5.74) is 9.76. The zero-order valence-corrected chi connectivity index (χ0v) is 9.06. The smallest absolute Gasteiger partial charge is 0.0939 e. The minimum atomic E-state index is 0.753. The van der Waals surface area contributed by atoms with Crippen molar-refractivity contribution in [1.82, 2.24) is 4.98 Å². The van der Waals surface area contributed by atoms with Crippen molar-refractivity contribution in [3.63, 3.8) is 0 Å². The number of thiophene rings is 1. The standard InChI is InChI=1S/C11H12N2S/c1-7-3-10(12)11(13-5-7)9-4-8(2)14-6-9/h3-6H,12H2,1-2H3. The van der Waals surface area contributed by atoms with Crippen LogP contribution in [-0.4, -0.2) is 4.98 Å². The largest absolute Gasteiger partial charge is 0.397 e. The van der Waals surface area contributed by atoms with Crippen molar-refractivity contribution in [2.45, 2.75) is 13.8 Å². The number of pyridine rings is 1. The van der Waals surface area contributed by atoms with Gasteiger partial charge in [0, 0.05) is 22.0 Å². The van der Waals surface area contributed by atoms with Gasteiger partial charge in [0.15, 0.2) is 0 Å². The normalized spacial score (nSPS) is 10.4. The summed E-state index contributed by atoms with van der Waals surface area (Å²) in [5.74, 6) is 0.